The fourth-order valence-corrected chi connectivity index (χ4v) is 3.64. The molecule has 0 spiro atoms. The number of nitrogen functional groups attached to an aromatic ring is 1. The predicted octanol–water partition coefficient (Wildman–Crippen LogP) is 4.09. The first kappa shape index (κ1) is 18.4. The van der Waals surface area contributed by atoms with Crippen LogP contribution in [0, 0.1) is 11.7 Å². The van der Waals surface area contributed by atoms with Crippen LogP contribution in [0.2, 0.25) is 0 Å². The second kappa shape index (κ2) is 7.33. The maximum Gasteiger partial charge on any atom is 0.183 e. The molecule has 0 saturated heterocycles. The number of nitrogens with zero attached hydrogens (tertiary/aromatic N) is 4. The van der Waals surface area contributed by atoms with Crippen LogP contribution in [-0.4, -0.2) is 25.1 Å². The average molecular weight is 401 g/mol. The Kier molecular flexibility index (Phi) is 4.50. The highest BCUT2D eigenvalue weighted by atomic mass is 19.1. The van der Waals surface area contributed by atoms with Crippen molar-refractivity contribution in [2.75, 3.05) is 5.73 Å². The minimum Gasteiger partial charge on any atom is -0.381 e. The number of Topliss-reactive ketones (excluding diaryl/α,β-unsaturated/α-hetero) is 1. The van der Waals surface area contributed by atoms with Crippen molar-refractivity contribution in [1.29, 1.82) is 0 Å². The molecule has 6 nitrogen and oxygen atoms in total. The Morgan fingerprint density at radius 2 is 2.00 bits per heavy atom. The van der Waals surface area contributed by atoms with Crippen LogP contribution in [0.15, 0.2) is 55.0 Å². The van der Waals surface area contributed by atoms with Crippen LogP contribution < -0.4 is 5.73 Å². The van der Waals surface area contributed by atoms with Crippen molar-refractivity contribution in [2.45, 2.75) is 25.7 Å². The van der Waals surface area contributed by atoms with Crippen LogP contribution in [0.4, 0.5) is 10.2 Å². The smallest absolute Gasteiger partial charge is 0.183 e. The monoisotopic (exact) mass is 401 g/mol. The fraction of sp³-hybridized carbons (Fsp3) is 0.217. The summed E-state index contributed by atoms with van der Waals surface area (Å²) in [6.45, 7) is 0. The molecule has 0 aliphatic heterocycles. The Hall–Kier alpha value is -3.61. The molecule has 0 radical (unpaired) electrons. The topological polar surface area (TPSA) is 86.2 Å². The van der Waals surface area contributed by atoms with Crippen LogP contribution in [0.3, 0.4) is 0 Å². The summed E-state index contributed by atoms with van der Waals surface area (Å²) in [5.41, 5.74) is 9.90. The number of hydrogen-bond acceptors (Lipinski definition) is 5. The van der Waals surface area contributed by atoms with Gasteiger partial charge in [0.2, 0.25) is 0 Å². The largest absolute Gasteiger partial charge is 0.381 e. The minimum absolute atomic E-state index is 0.183. The number of anilines is 1. The van der Waals surface area contributed by atoms with Crippen LogP contribution in [0.25, 0.3) is 28.3 Å². The number of halogens is 1. The summed E-state index contributed by atoms with van der Waals surface area (Å²) in [7, 11) is 0. The first-order valence-corrected chi connectivity index (χ1v) is 9.93. The Labute approximate surface area is 172 Å². The SMILES string of the molecule is Nc1nc(-c2ccn3c(-c4cccc(CC(=O)CC5CC5)c4)cnc3c2)ncc1F. The summed E-state index contributed by atoms with van der Waals surface area (Å²) in [5.74, 6) is 0.428. The number of fused-ring (bicyclic) bond motifs is 1. The number of carbonyl (C=O) groups excluding carboxylic acids is 1. The number of aromatic nitrogens is 4. The van der Waals surface area contributed by atoms with E-state index in [2.05, 4.69) is 15.0 Å². The molecule has 5 rings (SSSR count). The third kappa shape index (κ3) is 3.66. The number of pyridine rings is 1. The van der Waals surface area contributed by atoms with Gasteiger partial charge in [-0.2, -0.15) is 0 Å². The molecule has 0 unspecified atom stereocenters. The van der Waals surface area contributed by atoms with Gasteiger partial charge in [-0.05, 0) is 42.5 Å². The Morgan fingerprint density at radius 1 is 1.13 bits per heavy atom. The minimum atomic E-state index is -0.640. The first-order valence-electron chi connectivity index (χ1n) is 9.93. The molecule has 0 amide bonds. The summed E-state index contributed by atoms with van der Waals surface area (Å²) in [6, 6.07) is 11.7. The highest BCUT2D eigenvalue weighted by Crippen LogP contribution is 2.33. The molecule has 7 heteroatoms. The second-order valence-corrected chi connectivity index (χ2v) is 7.78. The van der Waals surface area contributed by atoms with Gasteiger partial charge in [0.05, 0.1) is 18.1 Å². The summed E-state index contributed by atoms with van der Waals surface area (Å²) in [6.07, 6.45) is 8.27. The van der Waals surface area contributed by atoms with Gasteiger partial charge in [0.1, 0.15) is 11.4 Å². The first-order chi connectivity index (χ1) is 14.6. The maximum atomic E-state index is 13.3. The average Bonchev–Trinajstić information content (AvgIpc) is 3.45. The highest BCUT2D eigenvalue weighted by molar-refractivity contribution is 5.82. The third-order valence-corrected chi connectivity index (χ3v) is 5.38. The van der Waals surface area contributed by atoms with Crippen molar-refractivity contribution in [3.05, 3.63) is 66.4 Å². The fourth-order valence-electron chi connectivity index (χ4n) is 3.64. The van der Waals surface area contributed by atoms with Gasteiger partial charge < -0.3 is 5.73 Å². The molecule has 0 bridgehead atoms. The molecule has 1 aliphatic carbocycles. The summed E-state index contributed by atoms with van der Waals surface area (Å²) < 4.78 is 15.3. The number of carbonyl (C=O) groups is 1. The van der Waals surface area contributed by atoms with Crippen molar-refractivity contribution in [3.63, 3.8) is 0 Å². The molecule has 0 atom stereocenters. The van der Waals surface area contributed by atoms with E-state index in [0.29, 0.717) is 41.6 Å². The zero-order chi connectivity index (χ0) is 20.7. The number of ketones is 1. The van der Waals surface area contributed by atoms with Crippen molar-refractivity contribution in [2.24, 2.45) is 5.92 Å². The third-order valence-electron chi connectivity index (χ3n) is 5.38. The molecule has 1 fully saturated rings. The quantitative estimate of drug-likeness (QED) is 0.526. The normalized spacial score (nSPS) is 13.6. The van der Waals surface area contributed by atoms with E-state index in [0.717, 1.165) is 23.0 Å². The Balaban J connectivity index is 1.44. The molecule has 3 aromatic heterocycles. The lowest BCUT2D eigenvalue weighted by Crippen LogP contribution is -2.03. The van der Waals surface area contributed by atoms with E-state index >= 15 is 0 Å². The molecule has 1 saturated carbocycles. The molecular formula is C23H20FN5O. The lowest BCUT2D eigenvalue weighted by atomic mass is 10.0. The molecule has 2 N–H and O–H groups in total. The molecule has 1 aromatic carbocycles. The van der Waals surface area contributed by atoms with Gasteiger partial charge in [-0.1, -0.05) is 18.2 Å². The molecule has 3 heterocycles. The van der Waals surface area contributed by atoms with Crippen molar-refractivity contribution >= 4 is 17.2 Å². The second-order valence-electron chi connectivity index (χ2n) is 7.78. The van der Waals surface area contributed by atoms with E-state index in [-0.39, 0.29) is 5.82 Å². The van der Waals surface area contributed by atoms with Crippen molar-refractivity contribution < 1.29 is 9.18 Å². The lowest BCUT2D eigenvalue weighted by molar-refractivity contribution is -0.118. The van der Waals surface area contributed by atoms with Crippen molar-refractivity contribution in [3.8, 4) is 22.6 Å². The lowest BCUT2D eigenvalue weighted by Gasteiger charge is -2.07. The van der Waals surface area contributed by atoms with Gasteiger partial charge in [0.25, 0.3) is 0 Å². The number of nitrogens with two attached hydrogens (primary N) is 1. The van der Waals surface area contributed by atoms with Crippen LogP contribution in [0.1, 0.15) is 24.8 Å². The predicted molar refractivity (Wildman–Crippen MR) is 112 cm³/mol. The van der Waals surface area contributed by atoms with Gasteiger partial charge in [0, 0.05) is 30.2 Å². The Bertz CT molecular complexity index is 1260. The molecule has 30 heavy (non-hydrogen) atoms. The molecule has 150 valence electrons. The number of imidazole rings is 1. The summed E-state index contributed by atoms with van der Waals surface area (Å²) in [4.78, 5) is 24.7. The van der Waals surface area contributed by atoms with E-state index in [1.54, 1.807) is 6.20 Å². The van der Waals surface area contributed by atoms with Crippen LogP contribution >= 0.6 is 0 Å². The summed E-state index contributed by atoms with van der Waals surface area (Å²) in [5, 5.41) is 0. The summed E-state index contributed by atoms with van der Waals surface area (Å²) >= 11 is 0. The zero-order valence-corrected chi connectivity index (χ0v) is 16.3. The van der Waals surface area contributed by atoms with E-state index in [1.165, 1.54) is 12.8 Å². The highest BCUT2D eigenvalue weighted by Gasteiger charge is 2.24. The van der Waals surface area contributed by atoms with Gasteiger partial charge in [0.15, 0.2) is 17.5 Å². The van der Waals surface area contributed by atoms with Gasteiger partial charge in [-0.3, -0.25) is 9.20 Å². The van der Waals surface area contributed by atoms with E-state index in [1.807, 2.05) is 47.0 Å². The molecule has 4 aromatic rings. The Morgan fingerprint density at radius 3 is 2.80 bits per heavy atom. The van der Waals surface area contributed by atoms with Gasteiger partial charge >= 0.3 is 0 Å². The van der Waals surface area contributed by atoms with Crippen LogP contribution in [-0.2, 0) is 11.2 Å². The van der Waals surface area contributed by atoms with E-state index in [9.17, 15) is 9.18 Å². The number of benzene rings is 1. The van der Waals surface area contributed by atoms with Crippen molar-refractivity contribution in [1.82, 2.24) is 19.4 Å². The molecule has 1 aliphatic rings. The standard InChI is InChI=1S/C23H20FN5O/c24-19-12-27-23(28-22(19)25)17-6-7-29-20(13-26-21(29)11-17)16-3-1-2-15(8-16)10-18(30)9-14-4-5-14/h1-3,6-8,11-14H,4-5,9-10H2,(H2,25,27,28). The zero-order valence-electron chi connectivity index (χ0n) is 16.3. The maximum absolute atomic E-state index is 13.3. The van der Waals surface area contributed by atoms with E-state index in [4.69, 9.17) is 5.73 Å². The molecular weight excluding hydrogens is 381 g/mol. The van der Waals surface area contributed by atoms with Crippen LogP contribution in [0.5, 0.6) is 0 Å². The number of rotatable bonds is 6. The van der Waals surface area contributed by atoms with E-state index < -0.39 is 5.82 Å². The van der Waals surface area contributed by atoms with Gasteiger partial charge in [-0.15, -0.1) is 0 Å². The van der Waals surface area contributed by atoms with Gasteiger partial charge in [-0.25, -0.2) is 19.3 Å². The number of hydrogen-bond donors (Lipinski definition) is 1.